The first kappa shape index (κ1) is 19.9. The number of ether oxygens (including phenoxy) is 1. The zero-order valence-electron chi connectivity index (χ0n) is 15.1. The van der Waals surface area contributed by atoms with Crippen LogP contribution in [0.15, 0.2) is 12.1 Å². The van der Waals surface area contributed by atoms with Crippen LogP contribution >= 0.6 is 0 Å². The molecule has 0 aliphatic carbocycles. The number of halogens is 2. The van der Waals surface area contributed by atoms with Crippen molar-refractivity contribution in [3.63, 3.8) is 0 Å². The number of anilines is 1. The molecule has 1 aromatic rings. The molecule has 0 N–H and O–H groups in total. The standard InChI is InChI=1S/C17H24F2N2O3/c1-16(2,3)24-15(23)21(7)17(4,10-22)11-8-9-12(18)13(19)14(11)20(5)6/h8-10H,1-7H3. The van der Waals surface area contributed by atoms with Gasteiger partial charge in [-0.15, -0.1) is 0 Å². The van der Waals surface area contributed by atoms with Crippen molar-refractivity contribution < 1.29 is 23.1 Å². The Bertz CT molecular complexity index is 641. The first-order valence-electron chi connectivity index (χ1n) is 7.44. The molecule has 1 aromatic carbocycles. The number of hydrogen-bond acceptors (Lipinski definition) is 4. The van der Waals surface area contributed by atoms with Gasteiger partial charge in [-0.3, -0.25) is 4.90 Å². The summed E-state index contributed by atoms with van der Waals surface area (Å²) in [4.78, 5) is 26.6. The molecule has 0 saturated heterocycles. The number of aldehydes is 1. The highest BCUT2D eigenvalue weighted by atomic mass is 19.2. The minimum absolute atomic E-state index is 0.0972. The summed E-state index contributed by atoms with van der Waals surface area (Å²) < 4.78 is 33.1. The van der Waals surface area contributed by atoms with Crippen LogP contribution in [0, 0.1) is 11.6 Å². The molecule has 0 aliphatic rings. The van der Waals surface area contributed by atoms with Crippen molar-refractivity contribution in [3.8, 4) is 0 Å². The Hall–Kier alpha value is -2.18. The van der Waals surface area contributed by atoms with Crippen LogP contribution in [-0.4, -0.2) is 44.0 Å². The normalized spacial score (nSPS) is 13.9. The second-order valence-electron chi connectivity index (χ2n) is 6.96. The summed E-state index contributed by atoms with van der Waals surface area (Å²) >= 11 is 0. The third-order valence-corrected chi connectivity index (χ3v) is 3.66. The fraction of sp³-hybridized carbons (Fsp3) is 0.529. The van der Waals surface area contributed by atoms with Gasteiger partial charge in [0.05, 0.1) is 5.69 Å². The Balaban J connectivity index is 3.47. The zero-order chi connectivity index (χ0) is 18.9. The number of likely N-dealkylation sites (N-methyl/N-ethyl adjacent to an activating group) is 1. The summed E-state index contributed by atoms with van der Waals surface area (Å²) in [7, 11) is 4.43. The lowest BCUT2D eigenvalue weighted by Gasteiger charge is -2.37. The molecule has 134 valence electrons. The highest BCUT2D eigenvalue weighted by molar-refractivity contribution is 5.80. The minimum Gasteiger partial charge on any atom is -0.444 e. The molecule has 0 fully saturated rings. The van der Waals surface area contributed by atoms with Crippen molar-refractivity contribution in [1.82, 2.24) is 4.90 Å². The number of nitrogens with zero attached hydrogens (tertiary/aromatic N) is 2. The molecule has 1 amide bonds. The van der Waals surface area contributed by atoms with E-state index in [2.05, 4.69) is 0 Å². The average Bonchev–Trinajstić information content (AvgIpc) is 2.46. The summed E-state index contributed by atoms with van der Waals surface area (Å²) in [5.41, 5.74) is -2.22. The molecular weight excluding hydrogens is 318 g/mol. The fourth-order valence-electron chi connectivity index (χ4n) is 2.23. The van der Waals surface area contributed by atoms with E-state index in [0.29, 0.717) is 6.29 Å². The van der Waals surface area contributed by atoms with Crippen LogP contribution in [0.2, 0.25) is 0 Å². The molecule has 0 aromatic heterocycles. The lowest BCUT2D eigenvalue weighted by molar-refractivity contribution is -0.117. The van der Waals surface area contributed by atoms with Crippen LogP contribution in [0.4, 0.5) is 19.3 Å². The maximum atomic E-state index is 14.2. The van der Waals surface area contributed by atoms with Gasteiger partial charge in [0, 0.05) is 26.7 Å². The SMILES string of the molecule is CN(C)c1c(C(C)(C=O)N(C)C(=O)OC(C)(C)C)ccc(F)c1F. The smallest absolute Gasteiger partial charge is 0.411 e. The van der Waals surface area contributed by atoms with Crippen molar-refractivity contribution in [2.75, 3.05) is 26.0 Å². The fourth-order valence-corrected chi connectivity index (χ4v) is 2.23. The number of benzene rings is 1. The number of rotatable bonds is 4. The topological polar surface area (TPSA) is 49.9 Å². The largest absolute Gasteiger partial charge is 0.444 e. The Labute approximate surface area is 141 Å². The van der Waals surface area contributed by atoms with Crippen LogP contribution in [0.1, 0.15) is 33.3 Å². The molecule has 24 heavy (non-hydrogen) atoms. The summed E-state index contributed by atoms with van der Waals surface area (Å²) in [6.07, 6.45) is -0.233. The van der Waals surface area contributed by atoms with Crippen LogP contribution < -0.4 is 4.90 Å². The Morgan fingerprint density at radius 1 is 1.12 bits per heavy atom. The highest BCUT2D eigenvalue weighted by Crippen LogP contribution is 2.36. The molecule has 0 saturated carbocycles. The van der Waals surface area contributed by atoms with Crippen molar-refractivity contribution in [2.45, 2.75) is 38.8 Å². The molecule has 0 bridgehead atoms. The van der Waals surface area contributed by atoms with Gasteiger partial charge in [0.1, 0.15) is 17.4 Å². The van der Waals surface area contributed by atoms with Crippen molar-refractivity contribution in [3.05, 3.63) is 29.3 Å². The molecule has 0 radical (unpaired) electrons. The van der Waals surface area contributed by atoms with Gasteiger partial charge in [-0.25, -0.2) is 13.6 Å². The van der Waals surface area contributed by atoms with E-state index in [1.165, 1.54) is 39.0 Å². The summed E-state index contributed by atoms with van der Waals surface area (Å²) in [6.45, 7) is 6.53. The van der Waals surface area contributed by atoms with Crippen molar-refractivity contribution in [1.29, 1.82) is 0 Å². The summed E-state index contributed by atoms with van der Waals surface area (Å²) in [5, 5.41) is 0. The molecule has 7 heteroatoms. The van der Waals surface area contributed by atoms with Crippen LogP contribution in [0.25, 0.3) is 0 Å². The predicted octanol–water partition coefficient (Wildman–Crippen LogP) is 3.31. The maximum Gasteiger partial charge on any atom is 0.411 e. The summed E-state index contributed by atoms with van der Waals surface area (Å²) in [5.74, 6) is -2.11. The lowest BCUT2D eigenvalue weighted by Crippen LogP contribution is -2.48. The van der Waals surface area contributed by atoms with Gasteiger partial charge in [0.2, 0.25) is 0 Å². The van der Waals surface area contributed by atoms with Crippen LogP contribution in [-0.2, 0) is 15.1 Å². The third kappa shape index (κ3) is 3.83. The molecule has 1 unspecified atom stereocenters. The second kappa shape index (κ2) is 6.75. The van der Waals surface area contributed by atoms with Gasteiger partial charge in [0.15, 0.2) is 11.6 Å². The van der Waals surface area contributed by atoms with Gasteiger partial charge in [-0.05, 0) is 33.8 Å². The van der Waals surface area contributed by atoms with E-state index in [-0.39, 0.29) is 11.3 Å². The van der Waals surface area contributed by atoms with E-state index in [9.17, 15) is 18.4 Å². The zero-order valence-corrected chi connectivity index (χ0v) is 15.1. The number of amides is 1. The molecule has 0 aliphatic heterocycles. The van der Waals surface area contributed by atoms with Gasteiger partial charge in [0.25, 0.3) is 0 Å². The monoisotopic (exact) mass is 342 g/mol. The molecule has 0 spiro atoms. The lowest BCUT2D eigenvalue weighted by atomic mass is 9.90. The quantitative estimate of drug-likeness (QED) is 0.788. The van der Waals surface area contributed by atoms with Gasteiger partial charge in [-0.1, -0.05) is 6.07 Å². The van der Waals surface area contributed by atoms with Crippen LogP contribution in [0.5, 0.6) is 0 Å². The molecule has 5 nitrogen and oxygen atoms in total. The van der Waals surface area contributed by atoms with E-state index in [1.54, 1.807) is 20.8 Å². The van der Waals surface area contributed by atoms with Crippen LogP contribution in [0.3, 0.4) is 0 Å². The second-order valence-corrected chi connectivity index (χ2v) is 6.96. The van der Waals surface area contributed by atoms with E-state index in [1.807, 2.05) is 0 Å². The van der Waals surface area contributed by atoms with E-state index in [0.717, 1.165) is 11.0 Å². The molecule has 1 rings (SSSR count). The number of carbonyl (C=O) groups excluding carboxylic acids is 2. The molecular formula is C17H24F2N2O3. The van der Waals surface area contributed by atoms with E-state index < -0.39 is 28.9 Å². The number of hydrogen-bond donors (Lipinski definition) is 0. The Morgan fingerprint density at radius 2 is 1.67 bits per heavy atom. The number of carbonyl (C=O) groups is 2. The van der Waals surface area contributed by atoms with Gasteiger partial charge in [-0.2, -0.15) is 0 Å². The first-order valence-corrected chi connectivity index (χ1v) is 7.44. The maximum absolute atomic E-state index is 14.2. The highest BCUT2D eigenvalue weighted by Gasteiger charge is 2.40. The predicted molar refractivity (Wildman–Crippen MR) is 88.1 cm³/mol. The summed E-state index contributed by atoms with van der Waals surface area (Å²) in [6, 6.07) is 2.23. The Kier molecular flexibility index (Phi) is 5.58. The Morgan fingerprint density at radius 3 is 2.08 bits per heavy atom. The third-order valence-electron chi connectivity index (χ3n) is 3.66. The van der Waals surface area contributed by atoms with E-state index >= 15 is 0 Å². The van der Waals surface area contributed by atoms with Crippen molar-refractivity contribution >= 4 is 18.1 Å². The van der Waals surface area contributed by atoms with Gasteiger partial charge < -0.3 is 14.4 Å². The average molecular weight is 342 g/mol. The van der Waals surface area contributed by atoms with Crippen molar-refractivity contribution in [2.24, 2.45) is 0 Å². The minimum atomic E-state index is -1.53. The molecule has 0 heterocycles. The first-order chi connectivity index (χ1) is 10.8. The van der Waals surface area contributed by atoms with Gasteiger partial charge >= 0.3 is 6.09 Å². The molecule has 1 atom stereocenters. The van der Waals surface area contributed by atoms with E-state index in [4.69, 9.17) is 4.74 Å².